The van der Waals surface area contributed by atoms with Crippen molar-refractivity contribution in [3.63, 3.8) is 0 Å². The summed E-state index contributed by atoms with van der Waals surface area (Å²) >= 11 is 2.01. The summed E-state index contributed by atoms with van der Waals surface area (Å²) in [6.45, 7) is 9.45. The van der Waals surface area contributed by atoms with E-state index >= 15 is 0 Å². The Bertz CT molecular complexity index is 480. The Balaban J connectivity index is 2.04. The van der Waals surface area contributed by atoms with Gasteiger partial charge in [-0.1, -0.05) is 26.7 Å². The fourth-order valence-electron chi connectivity index (χ4n) is 4.26. The van der Waals surface area contributed by atoms with Crippen LogP contribution in [-0.2, 0) is 18.4 Å². The minimum atomic E-state index is 0.0847. The minimum Gasteiger partial charge on any atom is -0.303 e. The Morgan fingerprint density at radius 1 is 1.05 bits per heavy atom. The first-order valence-electron chi connectivity index (χ1n) is 8.71. The predicted octanol–water partition coefficient (Wildman–Crippen LogP) is 4.82. The van der Waals surface area contributed by atoms with Crippen LogP contribution < -0.4 is 5.32 Å². The Morgan fingerprint density at radius 3 is 2.43 bits per heavy atom. The monoisotopic (exact) mass is 306 g/mol. The number of nitrogens with one attached hydrogen (secondary N) is 1. The molecular formula is C18H30N2S. The van der Waals surface area contributed by atoms with Gasteiger partial charge >= 0.3 is 0 Å². The van der Waals surface area contributed by atoms with Gasteiger partial charge in [-0.05, 0) is 57.8 Å². The van der Waals surface area contributed by atoms with Gasteiger partial charge in [-0.2, -0.15) is 0 Å². The zero-order chi connectivity index (χ0) is 15.1. The van der Waals surface area contributed by atoms with Crippen molar-refractivity contribution in [1.82, 2.24) is 10.3 Å². The van der Waals surface area contributed by atoms with Crippen molar-refractivity contribution in [2.24, 2.45) is 5.41 Å². The smallest absolute Gasteiger partial charge is 0.114 e. The molecule has 2 nitrogen and oxygen atoms in total. The molecule has 1 N–H and O–H groups in total. The number of aromatic nitrogens is 1. The first-order valence-corrected chi connectivity index (χ1v) is 9.53. The fraction of sp³-hybridized carbons (Fsp3) is 0.833. The molecule has 0 spiro atoms. The topological polar surface area (TPSA) is 24.9 Å². The number of hydrogen-bond donors (Lipinski definition) is 1. The lowest BCUT2D eigenvalue weighted by molar-refractivity contribution is 0.0510. The van der Waals surface area contributed by atoms with Crippen LogP contribution in [0.1, 0.15) is 81.8 Å². The summed E-state index contributed by atoms with van der Waals surface area (Å²) in [4.78, 5) is 6.72. The van der Waals surface area contributed by atoms with E-state index in [1.807, 2.05) is 11.3 Å². The van der Waals surface area contributed by atoms with Gasteiger partial charge in [0, 0.05) is 10.9 Å². The van der Waals surface area contributed by atoms with Gasteiger partial charge in [0.05, 0.1) is 11.2 Å². The Morgan fingerprint density at radius 2 is 1.76 bits per heavy atom. The summed E-state index contributed by atoms with van der Waals surface area (Å²) < 4.78 is 0. The molecule has 1 aromatic heterocycles. The van der Waals surface area contributed by atoms with E-state index in [1.165, 1.54) is 62.1 Å². The van der Waals surface area contributed by atoms with Crippen molar-refractivity contribution in [2.45, 2.75) is 90.6 Å². The van der Waals surface area contributed by atoms with Gasteiger partial charge in [0.1, 0.15) is 5.01 Å². The molecule has 0 saturated heterocycles. The van der Waals surface area contributed by atoms with Crippen LogP contribution in [0.4, 0.5) is 0 Å². The van der Waals surface area contributed by atoms with Crippen LogP contribution in [0.25, 0.3) is 0 Å². The number of aryl methyl sites for hydroxylation is 2. The number of nitrogens with zero attached hydrogens (tertiary/aromatic N) is 1. The molecule has 1 aromatic rings. The molecule has 3 heteroatoms. The van der Waals surface area contributed by atoms with E-state index in [0.29, 0.717) is 6.04 Å². The molecule has 0 radical (unpaired) electrons. The first-order chi connectivity index (χ1) is 9.95. The molecule has 0 amide bonds. The maximum absolute atomic E-state index is 5.15. The van der Waals surface area contributed by atoms with Gasteiger partial charge in [0.15, 0.2) is 0 Å². The van der Waals surface area contributed by atoms with Crippen LogP contribution in [0.3, 0.4) is 0 Å². The fourth-order valence-corrected chi connectivity index (χ4v) is 5.77. The van der Waals surface area contributed by atoms with E-state index in [0.717, 1.165) is 0 Å². The summed E-state index contributed by atoms with van der Waals surface area (Å²) in [6, 6.07) is 0.503. The predicted molar refractivity (Wildman–Crippen MR) is 91.0 cm³/mol. The van der Waals surface area contributed by atoms with E-state index in [2.05, 4.69) is 33.0 Å². The molecule has 0 aromatic carbocycles. The van der Waals surface area contributed by atoms with Crippen molar-refractivity contribution in [1.29, 1.82) is 0 Å². The summed E-state index contributed by atoms with van der Waals surface area (Å²) in [6.07, 6.45) is 10.4. The molecule has 118 valence electrons. The number of fused-ring (bicyclic) bond motifs is 1. The van der Waals surface area contributed by atoms with E-state index in [9.17, 15) is 0 Å². The van der Waals surface area contributed by atoms with E-state index in [1.54, 1.807) is 4.88 Å². The highest BCUT2D eigenvalue weighted by molar-refractivity contribution is 7.11. The normalized spacial score (nSPS) is 28.6. The third kappa shape index (κ3) is 2.68. The van der Waals surface area contributed by atoms with Crippen LogP contribution >= 0.6 is 11.3 Å². The van der Waals surface area contributed by atoms with Crippen LogP contribution in [0.15, 0.2) is 0 Å². The molecule has 1 saturated carbocycles. The van der Waals surface area contributed by atoms with Crippen molar-refractivity contribution in [3.8, 4) is 0 Å². The third-order valence-electron chi connectivity index (χ3n) is 5.50. The quantitative estimate of drug-likeness (QED) is 0.866. The average molecular weight is 307 g/mol. The van der Waals surface area contributed by atoms with Crippen molar-refractivity contribution >= 4 is 11.3 Å². The Labute approximate surface area is 133 Å². The van der Waals surface area contributed by atoms with Gasteiger partial charge in [0.2, 0.25) is 0 Å². The van der Waals surface area contributed by atoms with Gasteiger partial charge < -0.3 is 5.32 Å². The SMILES string of the molecule is CC(C)NC1(c2nc3c(s2)CCCC3)CCCCC1(C)C. The number of thiazole rings is 1. The molecule has 2 aliphatic rings. The van der Waals surface area contributed by atoms with E-state index in [4.69, 9.17) is 4.98 Å². The van der Waals surface area contributed by atoms with Crippen molar-refractivity contribution in [3.05, 3.63) is 15.6 Å². The average Bonchev–Trinajstić information content (AvgIpc) is 2.85. The highest BCUT2D eigenvalue weighted by Gasteiger charge is 2.50. The lowest BCUT2D eigenvalue weighted by Crippen LogP contribution is -2.57. The molecule has 1 unspecified atom stereocenters. The van der Waals surface area contributed by atoms with Crippen LogP contribution in [0, 0.1) is 5.41 Å². The zero-order valence-corrected chi connectivity index (χ0v) is 14.9. The second-order valence-corrected chi connectivity index (χ2v) is 8.97. The van der Waals surface area contributed by atoms with Crippen LogP contribution in [0.5, 0.6) is 0 Å². The largest absolute Gasteiger partial charge is 0.303 e. The van der Waals surface area contributed by atoms with E-state index in [-0.39, 0.29) is 11.0 Å². The highest BCUT2D eigenvalue weighted by atomic mass is 32.1. The number of hydrogen-bond acceptors (Lipinski definition) is 3. The van der Waals surface area contributed by atoms with Gasteiger partial charge in [-0.25, -0.2) is 4.98 Å². The molecule has 3 rings (SSSR count). The van der Waals surface area contributed by atoms with Gasteiger partial charge in [-0.15, -0.1) is 11.3 Å². The van der Waals surface area contributed by atoms with Gasteiger partial charge in [-0.3, -0.25) is 0 Å². The van der Waals surface area contributed by atoms with Crippen molar-refractivity contribution < 1.29 is 0 Å². The highest BCUT2D eigenvalue weighted by Crippen LogP contribution is 2.52. The number of rotatable bonds is 3. The molecule has 0 bridgehead atoms. The summed E-state index contributed by atoms with van der Waals surface area (Å²) in [5.74, 6) is 0. The maximum atomic E-state index is 5.15. The lowest BCUT2D eigenvalue weighted by Gasteiger charge is -2.50. The Hall–Kier alpha value is -0.410. The second-order valence-electron chi connectivity index (χ2n) is 7.89. The maximum Gasteiger partial charge on any atom is 0.114 e. The summed E-state index contributed by atoms with van der Waals surface area (Å²) in [5, 5.41) is 5.34. The summed E-state index contributed by atoms with van der Waals surface area (Å²) in [5.41, 5.74) is 1.78. The van der Waals surface area contributed by atoms with Crippen molar-refractivity contribution in [2.75, 3.05) is 0 Å². The third-order valence-corrected chi connectivity index (χ3v) is 6.82. The lowest BCUT2D eigenvalue weighted by atomic mass is 9.63. The van der Waals surface area contributed by atoms with Crippen LogP contribution in [0.2, 0.25) is 0 Å². The summed E-state index contributed by atoms with van der Waals surface area (Å²) in [7, 11) is 0. The zero-order valence-electron chi connectivity index (χ0n) is 14.1. The molecule has 2 aliphatic carbocycles. The minimum absolute atomic E-state index is 0.0847. The standard InChI is InChI=1S/C18H30N2S/c1-13(2)20-18(12-8-7-11-17(18,3)4)16-19-14-9-5-6-10-15(14)21-16/h13,20H,5-12H2,1-4H3. The molecular weight excluding hydrogens is 276 g/mol. The molecule has 1 atom stereocenters. The molecule has 0 aliphatic heterocycles. The molecule has 21 heavy (non-hydrogen) atoms. The first kappa shape index (κ1) is 15.5. The molecule has 1 fully saturated rings. The molecule has 1 heterocycles. The van der Waals surface area contributed by atoms with E-state index < -0.39 is 0 Å². The second kappa shape index (κ2) is 5.66. The van der Waals surface area contributed by atoms with Gasteiger partial charge in [0.25, 0.3) is 0 Å². The Kier molecular flexibility index (Phi) is 4.17. The van der Waals surface area contributed by atoms with Crippen LogP contribution in [-0.4, -0.2) is 11.0 Å².